The maximum atomic E-state index is 11.4. The maximum Gasteiger partial charge on any atom is 0.241 e. The van der Waals surface area contributed by atoms with Gasteiger partial charge in [-0.25, -0.2) is 0 Å². The highest BCUT2D eigenvalue weighted by Crippen LogP contribution is 1.92. The first-order valence-electron chi connectivity index (χ1n) is 4.00. The molecule has 1 amide bonds. The third-order valence-corrected chi connectivity index (χ3v) is 1.60. The number of rotatable bonds is 5. The third-order valence-electron chi connectivity index (χ3n) is 1.60. The molecule has 0 aromatic rings. The Morgan fingerprint density at radius 3 is 2.85 bits per heavy atom. The number of nitrogens with zero attached hydrogens (tertiary/aromatic N) is 2. The molecule has 0 spiro atoms. The molecule has 0 aliphatic heterocycles. The highest BCUT2D eigenvalue weighted by molar-refractivity contribution is 5.81. The van der Waals surface area contributed by atoms with Crippen molar-refractivity contribution in [1.82, 2.24) is 4.90 Å². The van der Waals surface area contributed by atoms with Crippen molar-refractivity contribution in [3.05, 3.63) is 0 Å². The van der Waals surface area contributed by atoms with Crippen molar-refractivity contribution in [2.45, 2.75) is 12.5 Å². The number of carbonyl (C=O) groups is 1. The molecule has 0 aliphatic rings. The van der Waals surface area contributed by atoms with Gasteiger partial charge in [0.25, 0.3) is 0 Å². The molecule has 0 fully saturated rings. The highest BCUT2D eigenvalue weighted by Gasteiger charge is 2.16. The van der Waals surface area contributed by atoms with Gasteiger partial charge in [-0.2, -0.15) is 5.26 Å². The van der Waals surface area contributed by atoms with Crippen molar-refractivity contribution >= 4 is 5.91 Å². The van der Waals surface area contributed by atoms with Crippen LogP contribution in [0.3, 0.4) is 0 Å². The fourth-order valence-electron chi connectivity index (χ4n) is 0.862. The second-order valence-corrected chi connectivity index (χ2v) is 2.73. The van der Waals surface area contributed by atoms with Crippen molar-refractivity contribution < 1.29 is 9.53 Å². The second-order valence-electron chi connectivity index (χ2n) is 2.73. The van der Waals surface area contributed by atoms with Gasteiger partial charge in [0.05, 0.1) is 19.1 Å². The molecular weight excluding hydrogens is 170 g/mol. The predicted molar refractivity (Wildman–Crippen MR) is 47.7 cm³/mol. The number of nitriles is 1. The number of amides is 1. The monoisotopic (exact) mass is 185 g/mol. The summed E-state index contributed by atoms with van der Waals surface area (Å²) in [7, 11) is 3.11. The lowest BCUT2D eigenvalue weighted by Crippen LogP contribution is -2.44. The Labute approximate surface area is 78.1 Å². The van der Waals surface area contributed by atoms with Crippen molar-refractivity contribution in [1.29, 1.82) is 5.26 Å². The van der Waals surface area contributed by atoms with E-state index in [-0.39, 0.29) is 12.5 Å². The van der Waals surface area contributed by atoms with Gasteiger partial charge in [-0.05, 0) is 0 Å². The summed E-state index contributed by atoms with van der Waals surface area (Å²) in [5.41, 5.74) is 5.50. The van der Waals surface area contributed by atoms with Crippen LogP contribution in [0.2, 0.25) is 0 Å². The number of ether oxygens (including phenoxy) is 1. The first-order chi connectivity index (χ1) is 6.13. The smallest absolute Gasteiger partial charge is 0.241 e. The van der Waals surface area contributed by atoms with Crippen LogP contribution in [0.25, 0.3) is 0 Å². The van der Waals surface area contributed by atoms with Crippen molar-refractivity contribution in [2.75, 3.05) is 27.3 Å². The summed E-state index contributed by atoms with van der Waals surface area (Å²) in [6.07, 6.45) is 0.321. The molecule has 74 valence electrons. The lowest BCUT2D eigenvalue weighted by Gasteiger charge is -2.19. The van der Waals surface area contributed by atoms with Crippen LogP contribution < -0.4 is 5.73 Å². The molecular formula is C8H15N3O2. The molecule has 0 aromatic heterocycles. The number of carbonyl (C=O) groups excluding carboxylic acids is 1. The van der Waals surface area contributed by atoms with Crippen LogP contribution in [0, 0.1) is 11.3 Å². The minimum Gasteiger partial charge on any atom is -0.383 e. The summed E-state index contributed by atoms with van der Waals surface area (Å²) in [4.78, 5) is 12.8. The van der Waals surface area contributed by atoms with E-state index in [1.54, 1.807) is 7.05 Å². The quantitative estimate of drug-likeness (QED) is 0.616. The van der Waals surface area contributed by atoms with Crippen molar-refractivity contribution in [3.8, 4) is 6.07 Å². The summed E-state index contributed by atoms with van der Waals surface area (Å²) in [6, 6.07) is 1.33. The lowest BCUT2D eigenvalue weighted by atomic mass is 10.3. The topological polar surface area (TPSA) is 79.3 Å². The summed E-state index contributed by atoms with van der Waals surface area (Å²) in [5, 5.41) is 8.29. The van der Waals surface area contributed by atoms with Gasteiger partial charge >= 0.3 is 0 Å². The van der Waals surface area contributed by atoms with Crippen LogP contribution in [-0.4, -0.2) is 44.2 Å². The normalized spacial score (nSPS) is 11.8. The maximum absolute atomic E-state index is 11.4. The molecule has 2 N–H and O–H groups in total. The largest absolute Gasteiger partial charge is 0.383 e. The fraction of sp³-hybridized carbons (Fsp3) is 0.750. The van der Waals surface area contributed by atoms with Crippen molar-refractivity contribution in [2.24, 2.45) is 5.73 Å². The molecule has 0 saturated carbocycles. The van der Waals surface area contributed by atoms with E-state index in [0.717, 1.165) is 0 Å². The molecule has 0 heterocycles. The average Bonchev–Trinajstić information content (AvgIpc) is 2.13. The Morgan fingerprint density at radius 2 is 2.38 bits per heavy atom. The van der Waals surface area contributed by atoms with Gasteiger partial charge in [0.1, 0.15) is 6.04 Å². The minimum atomic E-state index is -0.631. The molecule has 1 unspecified atom stereocenters. The summed E-state index contributed by atoms with van der Waals surface area (Å²) in [6.45, 7) is 0.614. The third kappa shape index (κ3) is 4.45. The number of likely N-dealkylation sites (N-methyl/N-ethyl adjacent to an activating group) is 1. The Hall–Kier alpha value is -1.12. The van der Waals surface area contributed by atoms with E-state index in [9.17, 15) is 4.79 Å². The van der Waals surface area contributed by atoms with E-state index in [0.29, 0.717) is 13.0 Å². The second kappa shape index (κ2) is 6.40. The van der Waals surface area contributed by atoms with E-state index >= 15 is 0 Å². The van der Waals surface area contributed by atoms with E-state index < -0.39 is 6.04 Å². The van der Waals surface area contributed by atoms with E-state index in [4.69, 9.17) is 15.7 Å². The Balaban J connectivity index is 3.88. The Bertz CT molecular complexity index is 200. The van der Waals surface area contributed by atoms with Gasteiger partial charge in [0.2, 0.25) is 5.91 Å². The molecule has 0 rings (SSSR count). The standard InChI is InChI=1S/C8H15N3O2/c1-11(5-3-4-9)8(12)7(10)6-13-2/h7H,3,5-6,10H2,1-2H3. The highest BCUT2D eigenvalue weighted by atomic mass is 16.5. The fourth-order valence-corrected chi connectivity index (χ4v) is 0.862. The van der Waals surface area contributed by atoms with Crippen molar-refractivity contribution in [3.63, 3.8) is 0 Å². The van der Waals surface area contributed by atoms with Crippen LogP contribution in [-0.2, 0) is 9.53 Å². The van der Waals surface area contributed by atoms with Gasteiger partial charge in [0, 0.05) is 20.7 Å². The molecule has 0 aromatic carbocycles. The first kappa shape index (κ1) is 11.9. The average molecular weight is 185 g/mol. The molecule has 0 radical (unpaired) electrons. The molecule has 0 aliphatic carbocycles. The number of nitrogens with two attached hydrogens (primary N) is 1. The SMILES string of the molecule is COCC(N)C(=O)N(C)CCC#N. The zero-order valence-corrected chi connectivity index (χ0v) is 7.99. The minimum absolute atomic E-state index is 0.197. The summed E-state index contributed by atoms with van der Waals surface area (Å²) < 4.78 is 4.74. The van der Waals surface area contributed by atoms with Crippen LogP contribution >= 0.6 is 0 Å². The summed E-state index contributed by atoms with van der Waals surface area (Å²) >= 11 is 0. The number of hydrogen-bond acceptors (Lipinski definition) is 4. The van der Waals surface area contributed by atoms with Crippen LogP contribution in [0.15, 0.2) is 0 Å². The van der Waals surface area contributed by atoms with Gasteiger partial charge in [-0.15, -0.1) is 0 Å². The van der Waals surface area contributed by atoms with E-state index in [1.807, 2.05) is 6.07 Å². The van der Waals surface area contributed by atoms with Crippen LogP contribution in [0.5, 0.6) is 0 Å². The first-order valence-corrected chi connectivity index (χ1v) is 4.00. The van der Waals surface area contributed by atoms with E-state index in [1.165, 1.54) is 12.0 Å². The van der Waals surface area contributed by atoms with Gasteiger partial charge < -0.3 is 15.4 Å². The van der Waals surface area contributed by atoms with Gasteiger partial charge in [-0.3, -0.25) is 4.79 Å². The summed E-state index contributed by atoms with van der Waals surface area (Å²) in [5.74, 6) is -0.197. The zero-order chi connectivity index (χ0) is 10.3. The zero-order valence-electron chi connectivity index (χ0n) is 7.99. The molecule has 5 heteroatoms. The lowest BCUT2D eigenvalue weighted by molar-refractivity contribution is -0.132. The van der Waals surface area contributed by atoms with Crippen LogP contribution in [0.4, 0.5) is 0 Å². The molecule has 0 bridgehead atoms. The van der Waals surface area contributed by atoms with Gasteiger partial charge in [-0.1, -0.05) is 0 Å². The number of hydrogen-bond donors (Lipinski definition) is 1. The van der Waals surface area contributed by atoms with E-state index in [2.05, 4.69) is 0 Å². The Kier molecular flexibility index (Phi) is 5.85. The molecule has 5 nitrogen and oxygen atoms in total. The molecule has 13 heavy (non-hydrogen) atoms. The Morgan fingerprint density at radius 1 is 1.77 bits per heavy atom. The number of methoxy groups -OCH3 is 1. The molecule has 0 saturated heterocycles. The van der Waals surface area contributed by atoms with Crippen LogP contribution in [0.1, 0.15) is 6.42 Å². The predicted octanol–water partition coefficient (Wildman–Crippen LogP) is -0.668. The molecule has 1 atom stereocenters. The van der Waals surface area contributed by atoms with Gasteiger partial charge in [0.15, 0.2) is 0 Å².